The summed E-state index contributed by atoms with van der Waals surface area (Å²) in [5, 5.41) is 6.88. The molecule has 1 atom stereocenters. The molecule has 0 bridgehead atoms. The summed E-state index contributed by atoms with van der Waals surface area (Å²) in [5.74, 6) is 2.18. The number of guanidine groups is 1. The molecule has 0 spiro atoms. The van der Waals surface area contributed by atoms with Crippen molar-refractivity contribution in [3.8, 4) is 0 Å². The molecule has 1 unspecified atom stereocenters. The fraction of sp³-hybridized carbons (Fsp3) is 0.500. The lowest BCUT2D eigenvalue weighted by Gasteiger charge is -2.24. The molecule has 1 aliphatic heterocycles. The lowest BCUT2D eigenvalue weighted by molar-refractivity contribution is 0.584. The van der Waals surface area contributed by atoms with Gasteiger partial charge in [-0.2, -0.15) is 11.8 Å². The number of aromatic nitrogens is 2. The molecule has 5 nitrogen and oxygen atoms in total. The van der Waals surface area contributed by atoms with Crippen LogP contribution in [0.3, 0.4) is 0 Å². The average molecular weight is 372 g/mol. The van der Waals surface area contributed by atoms with Crippen molar-refractivity contribution in [3.05, 3.63) is 54.1 Å². The molecule has 1 fully saturated rings. The maximum absolute atomic E-state index is 4.75. The summed E-state index contributed by atoms with van der Waals surface area (Å²) in [6.07, 6.45) is 8.23. The predicted molar refractivity (Wildman–Crippen MR) is 111 cm³/mol. The van der Waals surface area contributed by atoms with Gasteiger partial charge in [-0.3, -0.25) is 0 Å². The SMILES string of the molecule is CCNC(=NCc1ccc(Cn2ccnc2)cc1)NCC1(C)CCCS1. The van der Waals surface area contributed by atoms with E-state index in [4.69, 9.17) is 4.99 Å². The van der Waals surface area contributed by atoms with Crippen LogP contribution in [0.25, 0.3) is 0 Å². The molecule has 0 radical (unpaired) electrons. The Morgan fingerprint density at radius 2 is 2.08 bits per heavy atom. The molecule has 0 saturated carbocycles. The number of thioether (sulfide) groups is 1. The van der Waals surface area contributed by atoms with Gasteiger partial charge in [0.25, 0.3) is 0 Å². The van der Waals surface area contributed by atoms with Crippen molar-refractivity contribution in [2.24, 2.45) is 4.99 Å². The van der Waals surface area contributed by atoms with Gasteiger partial charge >= 0.3 is 0 Å². The van der Waals surface area contributed by atoms with Crippen LogP contribution >= 0.6 is 11.8 Å². The normalized spacial score (nSPS) is 20.3. The number of hydrogen-bond acceptors (Lipinski definition) is 3. The number of benzene rings is 1. The van der Waals surface area contributed by atoms with Crippen LogP contribution < -0.4 is 10.6 Å². The van der Waals surface area contributed by atoms with E-state index in [2.05, 4.69) is 70.1 Å². The summed E-state index contributed by atoms with van der Waals surface area (Å²) >= 11 is 2.07. The van der Waals surface area contributed by atoms with Gasteiger partial charge in [-0.1, -0.05) is 24.3 Å². The van der Waals surface area contributed by atoms with E-state index < -0.39 is 0 Å². The summed E-state index contributed by atoms with van der Waals surface area (Å²) in [6, 6.07) is 8.66. The monoisotopic (exact) mass is 371 g/mol. The molecule has 3 rings (SSSR count). The van der Waals surface area contributed by atoms with E-state index in [0.29, 0.717) is 11.3 Å². The zero-order valence-corrected chi connectivity index (χ0v) is 16.6. The van der Waals surface area contributed by atoms with Crippen LogP contribution in [0.15, 0.2) is 48.0 Å². The molecular formula is C20H29N5S. The Morgan fingerprint density at radius 1 is 1.27 bits per heavy atom. The van der Waals surface area contributed by atoms with Crippen molar-refractivity contribution in [3.63, 3.8) is 0 Å². The fourth-order valence-electron chi connectivity index (χ4n) is 3.10. The highest BCUT2D eigenvalue weighted by Crippen LogP contribution is 2.36. The Kier molecular flexibility index (Phi) is 6.61. The first-order valence-electron chi connectivity index (χ1n) is 9.36. The molecule has 140 valence electrons. The number of imidazole rings is 1. The van der Waals surface area contributed by atoms with E-state index in [9.17, 15) is 0 Å². The molecule has 1 aromatic carbocycles. The quantitative estimate of drug-likeness (QED) is 0.579. The number of rotatable bonds is 7. The van der Waals surface area contributed by atoms with Crippen LogP contribution in [0.5, 0.6) is 0 Å². The lowest BCUT2D eigenvalue weighted by atomic mass is 10.1. The van der Waals surface area contributed by atoms with Crippen molar-refractivity contribution >= 4 is 17.7 Å². The second kappa shape index (κ2) is 9.12. The third-order valence-corrected chi connectivity index (χ3v) is 6.18. The zero-order valence-electron chi connectivity index (χ0n) is 15.7. The van der Waals surface area contributed by atoms with Crippen molar-refractivity contribution in [2.75, 3.05) is 18.8 Å². The van der Waals surface area contributed by atoms with Gasteiger partial charge in [0.1, 0.15) is 0 Å². The Hall–Kier alpha value is -1.95. The second-order valence-electron chi connectivity index (χ2n) is 7.00. The third-order valence-electron chi connectivity index (χ3n) is 4.64. The van der Waals surface area contributed by atoms with Gasteiger partial charge in [-0.05, 0) is 43.6 Å². The maximum atomic E-state index is 4.75. The average Bonchev–Trinajstić information content (AvgIpc) is 3.31. The van der Waals surface area contributed by atoms with Crippen LogP contribution in [0.2, 0.25) is 0 Å². The third kappa shape index (κ3) is 5.53. The van der Waals surface area contributed by atoms with Crippen LogP contribution in [0.4, 0.5) is 0 Å². The number of aliphatic imine (C=N–C) groups is 1. The summed E-state index contributed by atoms with van der Waals surface area (Å²) in [6.45, 7) is 7.83. The molecule has 0 amide bonds. The molecule has 26 heavy (non-hydrogen) atoms. The highest BCUT2D eigenvalue weighted by atomic mass is 32.2. The molecule has 2 aromatic rings. The van der Waals surface area contributed by atoms with E-state index in [1.807, 2.05) is 18.7 Å². The van der Waals surface area contributed by atoms with Crippen LogP contribution in [0, 0.1) is 0 Å². The Balaban J connectivity index is 1.54. The van der Waals surface area contributed by atoms with Crippen molar-refractivity contribution in [1.29, 1.82) is 0 Å². The summed E-state index contributed by atoms with van der Waals surface area (Å²) in [4.78, 5) is 8.83. The molecule has 2 heterocycles. The Bertz CT molecular complexity index is 688. The molecule has 1 aromatic heterocycles. The molecule has 1 saturated heterocycles. The molecule has 0 aliphatic carbocycles. The van der Waals surface area contributed by atoms with Crippen molar-refractivity contribution in [2.45, 2.75) is 44.5 Å². The summed E-state index contributed by atoms with van der Waals surface area (Å²) < 4.78 is 2.41. The topological polar surface area (TPSA) is 54.2 Å². The van der Waals surface area contributed by atoms with Crippen LogP contribution in [0.1, 0.15) is 37.8 Å². The Labute approximate surface area is 160 Å². The van der Waals surface area contributed by atoms with Gasteiger partial charge in [0.2, 0.25) is 0 Å². The van der Waals surface area contributed by atoms with Gasteiger partial charge in [-0.25, -0.2) is 9.98 Å². The van der Waals surface area contributed by atoms with Crippen LogP contribution in [-0.2, 0) is 13.1 Å². The largest absolute Gasteiger partial charge is 0.357 e. The van der Waals surface area contributed by atoms with E-state index in [1.54, 1.807) is 0 Å². The minimum absolute atomic E-state index is 0.338. The maximum Gasteiger partial charge on any atom is 0.191 e. The van der Waals surface area contributed by atoms with E-state index in [1.165, 1.54) is 29.7 Å². The molecule has 1 aliphatic rings. The number of nitrogens with one attached hydrogen (secondary N) is 2. The minimum Gasteiger partial charge on any atom is -0.357 e. The van der Waals surface area contributed by atoms with Crippen LogP contribution in [-0.4, -0.2) is 39.1 Å². The summed E-state index contributed by atoms with van der Waals surface area (Å²) in [5.41, 5.74) is 2.49. The Morgan fingerprint density at radius 3 is 2.73 bits per heavy atom. The molecular weight excluding hydrogens is 342 g/mol. The first kappa shape index (κ1) is 18.8. The zero-order chi connectivity index (χ0) is 18.2. The van der Waals surface area contributed by atoms with Gasteiger partial charge in [0, 0.05) is 36.8 Å². The minimum atomic E-state index is 0.338. The highest BCUT2D eigenvalue weighted by Gasteiger charge is 2.29. The summed E-state index contributed by atoms with van der Waals surface area (Å²) in [7, 11) is 0. The smallest absolute Gasteiger partial charge is 0.191 e. The standard InChI is InChI=1S/C20H29N5S/c1-3-22-19(24-15-20(2)9-4-12-26-20)23-13-17-5-7-18(8-6-17)14-25-11-10-21-16-25/h5-8,10-11,16H,3-4,9,12-15H2,1-2H3,(H2,22,23,24). The first-order chi connectivity index (χ1) is 12.7. The first-order valence-corrected chi connectivity index (χ1v) is 10.4. The molecule has 2 N–H and O–H groups in total. The van der Waals surface area contributed by atoms with Crippen molar-refractivity contribution < 1.29 is 0 Å². The van der Waals surface area contributed by atoms with E-state index in [0.717, 1.165) is 25.6 Å². The fourth-order valence-corrected chi connectivity index (χ4v) is 4.34. The number of hydrogen-bond donors (Lipinski definition) is 2. The highest BCUT2D eigenvalue weighted by molar-refractivity contribution is 8.00. The van der Waals surface area contributed by atoms with Gasteiger partial charge in [0.05, 0.1) is 12.9 Å². The van der Waals surface area contributed by atoms with Crippen molar-refractivity contribution in [1.82, 2.24) is 20.2 Å². The van der Waals surface area contributed by atoms with Gasteiger partial charge in [-0.15, -0.1) is 0 Å². The lowest BCUT2D eigenvalue weighted by Crippen LogP contribution is -2.43. The van der Waals surface area contributed by atoms with E-state index >= 15 is 0 Å². The number of nitrogens with zero attached hydrogens (tertiary/aromatic N) is 3. The molecule has 6 heteroatoms. The van der Waals surface area contributed by atoms with E-state index in [-0.39, 0.29) is 0 Å². The second-order valence-corrected chi connectivity index (χ2v) is 8.68. The van der Waals surface area contributed by atoms with Gasteiger partial charge < -0.3 is 15.2 Å². The predicted octanol–water partition coefficient (Wildman–Crippen LogP) is 3.27. The van der Waals surface area contributed by atoms with Gasteiger partial charge in [0.15, 0.2) is 5.96 Å².